The molecule has 1 atom stereocenters. The number of carbonyl (C=O) groups excluding carboxylic acids is 1. The molecule has 1 amide bonds. The second-order valence-electron chi connectivity index (χ2n) is 4.12. The molecule has 0 heterocycles. The fourth-order valence-electron chi connectivity index (χ4n) is 1.29. The van der Waals surface area contributed by atoms with Gasteiger partial charge in [0.1, 0.15) is 5.75 Å². The number of thioether (sulfide) groups is 1. The number of rotatable bonds is 6. The molecule has 1 rings (SSSR count). The zero-order valence-electron chi connectivity index (χ0n) is 11.0. The predicted molar refractivity (Wildman–Crippen MR) is 82.2 cm³/mol. The molecule has 0 radical (unpaired) electrons. The minimum atomic E-state index is -0.591. The van der Waals surface area contributed by atoms with Crippen LogP contribution >= 0.6 is 35.0 Å². The first-order valence-electron chi connectivity index (χ1n) is 5.84. The standard InChI is InChI=1S/C13H14Cl2N2O2S/c1-8(2)20-13(6-16)17-12(18)7-19-11-4-3-9(14)5-10(11)15/h3-5,8,13H,7H2,1-2H3,(H,17,18). The number of benzene rings is 1. The number of nitrogens with zero attached hydrogens (tertiary/aromatic N) is 1. The van der Waals surface area contributed by atoms with Gasteiger partial charge in [0.15, 0.2) is 12.0 Å². The molecule has 0 saturated carbocycles. The number of carbonyl (C=O) groups is 1. The number of nitrogens with one attached hydrogen (secondary N) is 1. The summed E-state index contributed by atoms with van der Waals surface area (Å²) in [5, 5.41) is 12.0. The van der Waals surface area contributed by atoms with E-state index in [1.165, 1.54) is 17.8 Å². The molecule has 0 aromatic heterocycles. The van der Waals surface area contributed by atoms with Gasteiger partial charge in [-0.3, -0.25) is 4.79 Å². The first kappa shape index (κ1) is 17.0. The highest BCUT2D eigenvalue weighted by atomic mass is 35.5. The van der Waals surface area contributed by atoms with Crippen LogP contribution in [-0.2, 0) is 4.79 Å². The molecule has 0 aliphatic heterocycles. The second kappa shape index (κ2) is 8.25. The Hall–Kier alpha value is -1.09. The molecule has 1 N–H and O–H groups in total. The zero-order chi connectivity index (χ0) is 15.1. The third-order valence-electron chi connectivity index (χ3n) is 2.07. The first-order valence-corrected chi connectivity index (χ1v) is 7.54. The van der Waals surface area contributed by atoms with Crippen molar-refractivity contribution < 1.29 is 9.53 Å². The summed E-state index contributed by atoms with van der Waals surface area (Å²) in [4.78, 5) is 11.7. The molecule has 1 unspecified atom stereocenters. The number of nitriles is 1. The van der Waals surface area contributed by atoms with Crippen molar-refractivity contribution >= 4 is 40.9 Å². The van der Waals surface area contributed by atoms with Gasteiger partial charge in [0.05, 0.1) is 11.1 Å². The van der Waals surface area contributed by atoms with E-state index in [9.17, 15) is 4.79 Å². The van der Waals surface area contributed by atoms with Gasteiger partial charge in [-0.1, -0.05) is 37.0 Å². The quantitative estimate of drug-likeness (QED) is 0.810. The Morgan fingerprint density at radius 3 is 2.75 bits per heavy atom. The molecule has 1 aromatic rings. The third kappa shape index (κ3) is 5.91. The van der Waals surface area contributed by atoms with E-state index in [2.05, 4.69) is 5.32 Å². The van der Waals surface area contributed by atoms with Crippen molar-refractivity contribution in [1.29, 1.82) is 5.26 Å². The van der Waals surface area contributed by atoms with Crippen molar-refractivity contribution in [2.75, 3.05) is 6.61 Å². The van der Waals surface area contributed by atoms with Crippen LogP contribution in [0.25, 0.3) is 0 Å². The molecule has 20 heavy (non-hydrogen) atoms. The Morgan fingerprint density at radius 1 is 1.50 bits per heavy atom. The molecular formula is C13H14Cl2N2O2S. The summed E-state index contributed by atoms with van der Waals surface area (Å²) < 4.78 is 5.28. The molecule has 0 saturated heterocycles. The van der Waals surface area contributed by atoms with E-state index in [0.717, 1.165) is 0 Å². The van der Waals surface area contributed by atoms with Crippen molar-refractivity contribution in [2.24, 2.45) is 0 Å². The predicted octanol–water partition coefficient (Wildman–Crippen LogP) is 3.48. The third-order valence-corrected chi connectivity index (χ3v) is 3.64. The van der Waals surface area contributed by atoms with Crippen LogP contribution in [0.4, 0.5) is 0 Å². The lowest BCUT2D eigenvalue weighted by molar-refractivity contribution is -0.123. The number of ether oxygens (including phenoxy) is 1. The van der Waals surface area contributed by atoms with Gasteiger partial charge >= 0.3 is 0 Å². The summed E-state index contributed by atoms with van der Waals surface area (Å²) >= 11 is 13.0. The number of amides is 1. The Bertz CT molecular complexity index is 518. The average molecular weight is 333 g/mol. The minimum Gasteiger partial charge on any atom is -0.482 e. The van der Waals surface area contributed by atoms with Crippen LogP contribution in [0, 0.1) is 11.3 Å². The molecule has 108 valence electrons. The van der Waals surface area contributed by atoms with Crippen molar-refractivity contribution in [3.05, 3.63) is 28.2 Å². The molecular weight excluding hydrogens is 319 g/mol. The molecule has 0 bridgehead atoms. The summed E-state index contributed by atoms with van der Waals surface area (Å²) in [7, 11) is 0. The van der Waals surface area contributed by atoms with Crippen LogP contribution in [0.2, 0.25) is 10.0 Å². The zero-order valence-corrected chi connectivity index (χ0v) is 13.4. The average Bonchev–Trinajstić information content (AvgIpc) is 2.36. The van der Waals surface area contributed by atoms with Crippen LogP contribution in [0.15, 0.2) is 18.2 Å². The van der Waals surface area contributed by atoms with Gasteiger partial charge in [-0.15, -0.1) is 11.8 Å². The highest BCUT2D eigenvalue weighted by Crippen LogP contribution is 2.27. The highest BCUT2D eigenvalue weighted by Gasteiger charge is 2.14. The van der Waals surface area contributed by atoms with E-state index in [0.29, 0.717) is 15.8 Å². The molecule has 0 spiro atoms. The Morgan fingerprint density at radius 2 is 2.20 bits per heavy atom. The Labute approximate surface area is 132 Å². The van der Waals surface area contributed by atoms with Crippen molar-refractivity contribution in [3.63, 3.8) is 0 Å². The lowest BCUT2D eigenvalue weighted by atomic mass is 10.3. The van der Waals surface area contributed by atoms with Gasteiger partial charge in [0, 0.05) is 10.3 Å². The lowest BCUT2D eigenvalue weighted by Crippen LogP contribution is -2.35. The van der Waals surface area contributed by atoms with E-state index in [1.54, 1.807) is 12.1 Å². The monoisotopic (exact) mass is 332 g/mol. The van der Waals surface area contributed by atoms with Gasteiger partial charge in [-0.05, 0) is 18.2 Å². The van der Waals surface area contributed by atoms with Crippen LogP contribution < -0.4 is 10.1 Å². The van der Waals surface area contributed by atoms with Gasteiger partial charge in [-0.25, -0.2) is 0 Å². The summed E-state index contributed by atoms with van der Waals surface area (Å²) in [6.45, 7) is 3.69. The summed E-state index contributed by atoms with van der Waals surface area (Å²) in [6, 6.07) is 6.75. The van der Waals surface area contributed by atoms with Crippen molar-refractivity contribution in [1.82, 2.24) is 5.32 Å². The van der Waals surface area contributed by atoms with Gasteiger partial charge in [0.25, 0.3) is 5.91 Å². The minimum absolute atomic E-state index is 0.210. The van der Waals surface area contributed by atoms with E-state index in [4.69, 9.17) is 33.2 Å². The fourth-order valence-corrected chi connectivity index (χ4v) is 2.56. The van der Waals surface area contributed by atoms with E-state index < -0.39 is 5.37 Å². The van der Waals surface area contributed by atoms with Gasteiger partial charge < -0.3 is 10.1 Å². The van der Waals surface area contributed by atoms with E-state index in [-0.39, 0.29) is 17.8 Å². The Kier molecular flexibility index (Phi) is 7.00. The molecule has 0 aliphatic rings. The summed E-state index contributed by atoms with van der Waals surface area (Å²) in [6.07, 6.45) is 0. The smallest absolute Gasteiger partial charge is 0.259 e. The number of hydrogen-bond donors (Lipinski definition) is 1. The summed E-state index contributed by atoms with van der Waals surface area (Å²) in [5.74, 6) is -0.00745. The maximum atomic E-state index is 11.7. The normalized spacial score (nSPS) is 11.8. The van der Waals surface area contributed by atoms with Crippen molar-refractivity contribution in [2.45, 2.75) is 24.5 Å². The molecule has 0 fully saturated rings. The molecule has 0 aliphatic carbocycles. The highest BCUT2D eigenvalue weighted by molar-refractivity contribution is 8.00. The van der Waals surface area contributed by atoms with Crippen LogP contribution in [-0.4, -0.2) is 23.1 Å². The van der Waals surface area contributed by atoms with Gasteiger partial charge in [-0.2, -0.15) is 5.26 Å². The topological polar surface area (TPSA) is 62.1 Å². The van der Waals surface area contributed by atoms with E-state index >= 15 is 0 Å². The fraction of sp³-hybridized carbons (Fsp3) is 0.385. The summed E-state index contributed by atoms with van der Waals surface area (Å²) in [5.41, 5.74) is 0. The van der Waals surface area contributed by atoms with Crippen LogP contribution in [0.3, 0.4) is 0 Å². The van der Waals surface area contributed by atoms with Crippen LogP contribution in [0.5, 0.6) is 5.75 Å². The largest absolute Gasteiger partial charge is 0.482 e. The molecule has 1 aromatic carbocycles. The van der Waals surface area contributed by atoms with Gasteiger partial charge in [0.2, 0.25) is 0 Å². The Balaban J connectivity index is 2.49. The number of halogens is 2. The SMILES string of the molecule is CC(C)SC(C#N)NC(=O)COc1ccc(Cl)cc1Cl. The van der Waals surface area contributed by atoms with Crippen LogP contribution in [0.1, 0.15) is 13.8 Å². The second-order valence-corrected chi connectivity index (χ2v) is 6.65. The van der Waals surface area contributed by atoms with E-state index in [1.807, 2.05) is 19.9 Å². The van der Waals surface area contributed by atoms with Crippen molar-refractivity contribution in [3.8, 4) is 11.8 Å². The number of hydrogen-bond acceptors (Lipinski definition) is 4. The maximum absolute atomic E-state index is 11.7. The molecule has 4 nitrogen and oxygen atoms in total. The molecule has 7 heteroatoms. The lowest BCUT2D eigenvalue weighted by Gasteiger charge is -2.14. The maximum Gasteiger partial charge on any atom is 0.259 e. The first-order chi connectivity index (χ1) is 9.42.